The highest BCUT2D eigenvalue weighted by Crippen LogP contribution is 2.24. The standard InChI is InChI=1S/C11H19NO5/c1-10(2,3)17-9(14)12-6-5-11(15,7-12)8(13)16-4/h15H,5-7H2,1-4H3/t11-/m1/s1. The summed E-state index contributed by atoms with van der Waals surface area (Å²) in [6.07, 6.45) is -0.365. The summed E-state index contributed by atoms with van der Waals surface area (Å²) in [4.78, 5) is 24.3. The summed E-state index contributed by atoms with van der Waals surface area (Å²) in [7, 11) is 1.20. The van der Waals surface area contributed by atoms with Crippen molar-refractivity contribution < 1.29 is 24.2 Å². The van der Waals surface area contributed by atoms with E-state index >= 15 is 0 Å². The van der Waals surface area contributed by atoms with Gasteiger partial charge < -0.3 is 19.5 Å². The van der Waals surface area contributed by atoms with Crippen LogP contribution >= 0.6 is 0 Å². The van der Waals surface area contributed by atoms with Gasteiger partial charge >= 0.3 is 12.1 Å². The number of hydrogen-bond acceptors (Lipinski definition) is 5. The molecule has 1 rings (SSSR count). The molecule has 1 saturated heterocycles. The second kappa shape index (κ2) is 4.52. The lowest BCUT2D eigenvalue weighted by atomic mass is 10.0. The Labute approximate surface area is 100 Å². The van der Waals surface area contributed by atoms with Crippen molar-refractivity contribution in [3.63, 3.8) is 0 Å². The van der Waals surface area contributed by atoms with Crippen molar-refractivity contribution in [2.75, 3.05) is 20.2 Å². The molecule has 1 heterocycles. The number of nitrogens with zero attached hydrogens (tertiary/aromatic N) is 1. The van der Waals surface area contributed by atoms with E-state index in [-0.39, 0.29) is 19.5 Å². The maximum absolute atomic E-state index is 11.7. The predicted octanol–water partition coefficient (Wildman–Crippen LogP) is 0.531. The van der Waals surface area contributed by atoms with E-state index in [9.17, 15) is 14.7 Å². The van der Waals surface area contributed by atoms with Crippen LogP contribution in [0, 0.1) is 0 Å². The Bertz CT molecular complexity index is 322. The van der Waals surface area contributed by atoms with Crippen molar-refractivity contribution in [3.8, 4) is 0 Å². The number of amides is 1. The number of methoxy groups -OCH3 is 1. The fourth-order valence-electron chi connectivity index (χ4n) is 1.63. The van der Waals surface area contributed by atoms with Gasteiger partial charge in [0, 0.05) is 13.0 Å². The van der Waals surface area contributed by atoms with Crippen LogP contribution < -0.4 is 0 Å². The lowest BCUT2D eigenvalue weighted by molar-refractivity contribution is -0.160. The Morgan fingerprint density at radius 2 is 1.94 bits per heavy atom. The highest BCUT2D eigenvalue weighted by atomic mass is 16.6. The summed E-state index contributed by atoms with van der Waals surface area (Å²) in [5.41, 5.74) is -2.20. The molecule has 1 amide bonds. The summed E-state index contributed by atoms with van der Waals surface area (Å²) in [6, 6.07) is 0. The van der Waals surface area contributed by atoms with Crippen LogP contribution in [0.4, 0.5) is 4.79 Å². The number of ether oxygens (including phenoxy) is 2. The average molecular weight is 245 g/mol. The second-order valence-electron chi connectivity index (χ2n) is 5.18. The minimum atomic E-state index is -1.61. The highest BCUT2D eigenvalue weighted by Gasteiger charge is 2.46. The molecule has 1 atom stereocenters. The zero-order chi connectivity index (χ0) is 13.3. The lowest BCUT2D eigenvalue weighted by Crippen LogP contribution is -2.44. The molecule has 1 fully saturated rings. The Morgan fingerprint density at radius 3 is 2.41 bits per heavy atom. The number of likely N-dealkylation sites (tertiary alicyclic amines) is 1. The van der Waals surface area contributed by atoms with Gasteiger partial charge in [-0.2, -0.15) is 0 Å². The van der Waals surface area contributed by atoms with E-state index in [1.807, 2.05) is 0 Å². The summed E-state index contributed by atoms with van der Waals surface area (Å²) in [6.45, 7) is 5.46. The third-order valence-corrected chi connectivity index (χ3v) is 2.46. The lowest BCUT2D eigenvalue weighted by Gasteiger charge is -2.25. The minimum absolute atomic E-state index is 0.0887. The van der Waals surface area contributed by atoms with E-state index in [1.54, 1.807) is 20.8 Å². The number of rotatable bonds is 1. The van der Waals surface area contributed by atoms with Crippen LogP contribution in [0.25, 0.3) is 0 Å². The number of aliphatic hydroxyl groups is 1. The fourth-order valence-corrected chi connectivity index (χ4v) is 1.63. The van der Waals surface area contributed by atoms with E-state index in [1.165, 1.54) is 12.0 Å². The molecular weight excluding hydrogens is 226 g/mol. The van der Waals surface area contributed by atoms with E-state index < -0.39 is 23.3 Å². The third kappa shape index (κ3) is 3.33. The predicted molar refractivity (Wildman–Crippen MR) is 59.4 cm³/mol. The van der Waals surface area contributed by atoms with E-state index in [0.29, 0.717) is 0 Å². The van der Waals surface area contributed by atoms with Gasteiger partial charge in [-0.3, -0.25) is 0 Å². The molecule has 1 N–H and O–H groups in total. The molecule has 0 bridgehead atoms. The SMILES string of the molecule is COC(=O)[C@@]1(O)CCN(C(=O)OC(C)(C)C)C1. The van der Waals surface area contributed by atoms with Crippen molar-refractivity contribution in [1.82, 2.24) is 4.90 Å². The number of esters is 1. The Hall–Kier alpha value is -1.30. The first-order valence-electron chi connectivity index (χ1n) is 5.47. The minimum Gasteiger partial charge on any atom is -0.467 e. The van der Waals surface area contributed by atoms with E-state index in [4.69, 9.17) is 4.74 Å². The molecule has 98 valence electrons. The van der Waals surface area contributed by atoms with Gasteiger partial charge in [-0.05, 0) is 20.8 Å². The Balaban J connectivity index is 2.62. The molecule has 1 aliphatic heterocycles. The van der Waals surface area contributed by atoms with Gasteiger partial charge in [-0.25, -0.2) is 9.59 Å². The molecule has 0 aromatic rings. The molecule has 0 aliphatic carbocycles. The molecular formula is C11H19NO5. The zero-order valence-electron chi connectivity index (χ0n) is 10.6. The molecule has 1 aliphatic rings. The molecule has 0 spiro atoms. The fraction of sp³-hybridized carbons (Fsp3) is 0.818. The van der Waals surface area contributed by atoms with Crippen molar-refractivity contribution in [2.24, 2.45) is 0 Å². The van der Waals surface area contributed by atoms with Gasteiger partial charge in [0.15, 0.2) is 5.60 Å². The molecule has 0 aromatic carbocycles. The summed E-state index contributed by atoms with van der Waals surface area (Å²) < 4.78 is 9.65. The smallest absolute Gasteiger partial charge is 0.410 e. The van der Waals surface area contributed by atoms with Crippen molar-refractivity contribution in [2.45, 2.75) is 38.4 Å². The molecule has 0 aromatic heterocycles. The van der Waals surface area contributed by atoms with Gasteiger partial charge in [0.05, 0.1) is 13.7 Å². The molecule has 6 nitrogen and oxygen atoms in total. The van der Waals surface area contributed by atoms with E-state index in [0.717, 1.165) is 0 Å². The molecule has 0 saturated carbocycles. The Morgan fingerprint density at radius 1 is 1.35 bits per heavy atom. The largest absolute Gasteiger partial charge is 0.467 e. The summed E-state index contributed by atoms with van der Waals surface area (Å²) >= 11 is 0. The van der Waals surface area contributed by atoms with Crippen LogP contribution in [0.5, 0.6) is 0 Å². The van der Waals surface area contributed by atoms with Gasteiger partial charge in [-0.15, -0.1) is 0 Å². The maximum Gasteiger partial charge on any atom is 0.410 e. The van der Waals surface area contributed by atoms with Gasteiger partial charge in [0.2, 0.25) is 0 Å². The highest BCUT2D eigenvalue weighted by molar-refractivity contribution is 5.81. The first-order valence-corrected chi connectivity index (χ1v) is 5.47. The van der Waals surface area contributed by atoms with Crippen molar-refractivity contribution in [3.05, 3.63) is 0 Å². The number of hydrogen-bond donors (Lipinski definition) is 1. The zero-order valence-corrected chi connectivity index (χ0v) is 10.6. The van der Waals surface area contributed by atoms with Crippen LogP contribution in [0.2, 0.25) is 0 Å². The van der Waals surface area contributed by atoms with Gasteiger partial charge in [-0.1, -0.05) is 0 Å². The topological polar surface area (TPSA) is 76.1 Å². The van der Waals surface area contributed by atoms with Crippen molar-refractivity contribution >= 4 is 12.1 Å². The number of β-amino-alcohol motifs (C(OH)–C–C–N with tert-alkyl or cyclic N) is 1. The number of carbonyl (C=O) groups excluding carboxylic acids is 2. The first-order chi connectivity index (χ1) is 7.68. The molecule has 0 radical (unpaired) electrons. The van der Waals surface area contributed by atoms with Crippen LogP contribution in [-0.2, 0) is 14.3 Å². The van der Waals surface area contributed by atoms with Crippen LogP contribution in [0.3, 0.4) is 0 Å². The summed E-state index contributed by atoms with van der Waals surface area (Å²) in [5, 5.41) is 9.95. The number of carbonyl (C=O) groups is 2. The third-order valence-electron chi connectivity index (χ3n) is 2.46. The van der Waals surface area contributed by atoms with E-state index in [2.05, 4.69) is 4.74 Å². The molecule has 6 heteroatoms. The van der Waals surface area contributed by atoms with Crippen LogP contribution in [0.1, 0.15) is 27.2 Å². The average Bonchev–Trinajstić information content (AvgIpc) is 2.58. The second-order valence-corrected chi connectivity index (χ2v) is 5.18. The van der Waals surface area contributed by atoms with Crippen LogP contribution in [0.15, 0.2) is 0 Å². The molecule has 17 heavy (non-hydrogen) atoms. The first kappa shape index (κ1) is 13.8. The summed E-state index contributed by atoms with van der Waals surface area (Å²) in [5.74, 6) is -0.719. The monoisotopic (exact) mass is 245 g/mol. The van der Waals surface area contributed by atoms with Crippen LogP contribution in [-0.4, -0.2) is 53.5 Å². The quantitative estimate of drug-likeness (QED) is 0.682. The van der Waals surface area contributed by atoms with Crippen molar-refractivity contribution in [1.29, 1.82) is 0 Å². The maximum atomic E-state index is 11.7. The normalized spacial score (nSPS) is 24.6. The van der Waals surface area contributed by atoms with Gasteiger partial charge in [0.25, 0.3) is 0 Å². The van der Waals surface area contributed by atoms with Gasteiger partial charge in [0.1, 0.15) is 5.60 Å². The Kier molecular flexibility index (Phi) is 3.66. The molecule has 0 unspecified atom stereocenters.